The summed E-state index contributed by atoms with van der Waals surface area (Å²) in [5.74, 6) is -0.111. The van der Waals surface area contributed by atoms with Gasteiger partial charge in [0.1, 0.15) is 10.8 Å². The fourth-order valence-electron chi connectivity index (χ4n) is 2.22. The standard InChI is InChI=1S/C18H20N2O4S2/c1-5-24-17(22)14-10(2)11(3)26-16(14)20-18(25)19-15(21)12-6-8-13(23-4)9-7-12/h6-9H,5H2,1-4H3,(H2,19,20,21,25). The van der Waals surface area contributed by atoms with E-state index in [-0.39, 0.29) is 17.6 Å². The van der Waals surface area contributed by atoms with Gasteiger partial charge < -0.3 is 14.8 Å². The maximum atomic E-state index is 12.3. The first-order chi connectivity index (χ1) is 12.4. The summed E-state index contributed by atoms with van der Waals surface area (Å²) in [4.78, 5) is 25.4. The number of carbonyl (C=O) groups is 2. The van der Waals surface area contributed by atoms with Crippen LogP contribution in [0.1, 0.15) is 38.1 Å². The van der Waals surface area contributed by atoms with Gasteiger partial charge in [-0.05, 0) is 62.8 Å². The minimum absolute atomic E-state index is 0.109. The van der Waals surface area contributed by atoms with E-state index in [1.165, 1.54) is 11.3 Å². The van der Waals surface area contributed by atoms with Crippen LogP contribution in [0.25, 0.3) is 0 Å². The van der Waals surface area contributed by atoms with Crippen molar-refractivity contribution in [3.8, 4) is 5.75 Å². The van der Waals surface area contributed by atoms with Gasteiger partial charge >= 0.3 is 5.97 Å². The topological polar surface area (TPSA) is 76.7 Å². The third-order valence-electron chi connectivity index (χ3n) is 3.67. The number of anilines is 1. The van der Waals surface area contributed by atoms with E-state index in [1.54, 1.807) is 38.3 Å². The molecule has 0 aliphatic heterocycles. The van der Waals surface area contributed by atoms with E-state index in [0.717, 1.165) is 10.4 Å². The van der Waals surface area contributed by atoms with E-state index in [9.17, 15) is 9.59 Å². The number of carbonyl (C=O) groups excluding carboxylic acids is 2. The molecule has 0 fully saturated rings. The molecule has 0 bridgehead atoms. The predicted molar refractivity (Wildman–Crippen MR) is 106 cm³/mol. The van der Waals surface area contributed by atoms with E-state index in [4.69, 9.17) is 21.7 Å². The first-order valence-electron chi connectivity index (χ1n) is 7.90. The summed E-state index contributed by atoms with van der Waals surface area (Å²) in [5.41, 5.74) is 1.72. The fourth-order valence-corrected chi connectivity index (χ4v) is 3.53. The Labute approximate surface area is 161 Å². The zero-order chi connectivity index (χ0) is 19.3. The quantitative estimate of drug-likeness (QED) is 0.597. The molecule has 8 heteroatoms. The van der Waals surface area contributed by atoms with Crippen LogP contribution in [-0.2, 0) is 4.74 Å². The number of methoxy groups -OCH3 is 1. The van der Waals surface area contributed by atoms with Crippen molar-refractivity contribution in [3.05, 3.63) is 45.8 Å². The Hall–Kier alpha value is -2.45. The average Bonchev–Trinajstić information content (AvgIpc) is 2.88. The zero-order valence-corrected chi connectivity index (χ0v) is 16.6. The first kappa shape index (κ1) is 19.9. The molecule has 2 N–H and O–H groups in total. The lowest BCUT2D eigenvalue weighted by molar-refractivity contribution is 0.0527. The van der Waals surface area contributed by atoms with Crippen LogP contribution in [-0.4, -0.2) is 30.7 Å². The summed E-state index contributed by atoms with van der Waals surface area (Å²) in [7, 11) is 1.56. The van der Waals surface area contributed by atoms with Crippen LogP contribution in [0.3, 0.4) is 0 Å². The van der Waals surface area contributed by atoms with Gasteiger partial charge in [0.25, 0.3) is 5.91 Å². The molecule has 1 heterocycles. The predicted octanol–water partition coefficient (Wildman–Crippen LogP) is 3.68. The summed E-state index contributed by atoms with van der Waals surface area (Å²) in [5, 5.41) is 6.19. The molecule has 0 unspecified atom stereocenters. The maximum absolute atomic E-state index is 12.3. The van der Waals surface area contributed by atoms with Crippen molar-refractivity contribution in [2.45, 2.75) is 20.8 Å². The second-order valence-corrected chi connectivity index (χ2v) is 6.98. The minimum Gasteiger partial charge on any atom is -0.497 e. The Morgan fingerprint density at radius 3 is 2.42 bits per heavy atom. The second-order valence-electron chi connectivity index (χ2n) is 5.34. The zero-order valence-electron chi connectivity index (χ0n) is 15.0. The molecule has 0 saturated carbocycles. The first-order valence-corrected chi connectivity index (χ1v) is 9.13. The SMILES string of the molecule is CCOC(=O)c1c(NC(=S)NC(=O)c2ccc(OC)cc2)sc(C)c1C. The molecule has 0 spiro atoms. The highest BCUT2D eigenvalue weighted by Gasteiger charge is 2.21. The molecule has 138 valence electrons. The van der Waals surface area contributed by atoms with Crippen molar-refractivity contribution in [1.29, 1.82) is 0 Å². The monoisotopic (exact) mass is 392 g/mol. The lowest BCUT2D eigenvalue weighted by Crippen LogP contribution is -2.34. The Morgan fingerprint density at radius 1 is 1.19 bits per heavy atom. The Bertz CT molecular complexity index is 828. The third-order valence-corrected chi connectivity index (χ3v) is 5.00. The molecular weight excluding hydrogens is 372 g/mol. The number of thiophene rings is 1. The third kappa shape index (κ3) is 4.59. The number of amides is 1. The minimum atomic E-state index is -0.416. The van der Waals surface area contributed by atoms with Crippen LogP contribution in [0.2, 0.25) is 0 Å². The molecular formula is C18H20N2O4S2. The number of hydrogen-bond acceptors (Lipinski definition) is 6. The fraction of sp³-hybridized carbons (Fsp3) is 0.278. The van der Waals surface area contributed by atoms with Crippen molar-refractivity contribution in [2.24, 2.45) is 0 Å². The molecule has 0 atom stereocenters. The largest absolute Gasteiger partial charge is 0.497 e. The number of benzene rings is 1. The van der Waals surface area contributed by atoms with Crippen molar-refractivity contribution in [3.63, 3.8) is 0 Å². The van der Waals surface area contributed by atoms with Crippen molar-refractivity contribution in [1.82, 2.24) is 5.32 Å². The maximum Gasteiger partial charge on any atom is 0.341 e. The van der Waals surface area contributed by atoms with Crippen LogP contribution in [0, 0.1) is 13.8 Å². The van der Waals surface area contributed by atoms with E-state index in [0.29, 0.717) is 21.9 Å². The lowest BCUT2D eigenvalue weighted by Gasteiger charge is -2.10. The highest BCUT2D eigenvalue weighted by atomic mass is 32.1. The molecule has 0 saturated heterocycles. The lowest BCUT2D eigenvalue weighted by atomic mass is 10.1. The normalized spacial score (nSPS) is 10.2. The van der Waals surface area contributed by atoms with Gasteiger partial charge in [0, 0.05) is 10.4 Å². The van der Waals surface area contributed by atoms with E-state index >= 15 is 0 Å². The van der Waals surface area contributed by atoms with Crippen molar-refractivity contribution in [2.75, 3.05) is 19.0 Å². The number of esters is 1. The van der Waals surface area contributed by atoms with Crippen molar-refractivity contribution >= 4 is 45.5 Å². The van der Waals surface area contributed by atoms with E-state index in [1.807, 2.05) is 13.8 Å². The summed E-state index contributed by atoms with van der Waals surface area (Å²) >= 11 is 6.60. The Kier molecular flexibility index (Phi) is 6.70. The molecule has 0 aliphatic rings. The van der Waals surface area contributed by atoms with E-state index < -0.39 is 5.97 Å². The van der Waals surface area contributed by atoms with Gasteiger partial charge in [0.15, 0.2) is 5.11 Å². The molecule has 1 aromatic carbocycles. The number of aryl methyl sites for hydroxylation is 1. The molecule has 26 heavy (non-hydrogen) atoms. The molecule has 1 amide bonds. The Balaban J connectivity index is 2.11. The molecule has 6 nitrogen and oxygen atoms in total. The van der Waals surface area contributed by atoms with Gasteiger partial charge in [-0.15, -0.1) is 11.3 Å². The van der Waals surface area contributed by atoms with Gasteiger partial charge in [-0.1, -0.05) is 0 Å². The number of hydrogen-bond donors (Lipinski definition) is 2. The summed E-state index contributed by atoms with van der Waals surface area (Å²) in [6, 6.07) is 6.66. The molecule has 0 radical (unpaired) electrons. The van der Waals surface area contributed by atoms with Gasteiger partial charge in [-0.2, -0.15) is 0 Å². The number of nitrogens with one attached hydrogen (secondary N) is 2. The van der Waals surface area contributed by atoms with Crippen LogP contribution >= 0.6 is 23.6 Å². The highest BCUT2D eigenvalue weighted by Crippen LogP contribution is 2.33. The van der Waals surface area contributed by atoms with Gasteiger partial charge in [0.05, 0.1) is 19.3 Å². The number of thiocarbonyl (C=S) groups is 1. The van der Waals surface area contributed by atoms with Crippen LogP contribution in [0.5, 0.6) is 5.75 Å². The van der Waals surface area contributed by atoms with Crippen LogP contribution in [0.4, 0.5) is 5.00 Å². The summed E-state index contributed by atoms with van der Waals surface area (Å²) < 4.78 is 10.2. The molecule has 1 aromatic heterocycles. The average molecular weight is 393 g/mol. The van der Waals surface area contributed by atoms with Gasteiger partial charge in [0.2, 0.25) is 0 Å². The van der Waals surface area contributed by atoms with E-state index in [2.05, 4.69) is 10.6 Å². The Morgan fingerprint density at radius 2 is 1.85 bits per heavy atom. The van der Waals surface area contributed by atoms with Gasteiger partial charge in [-0.25, -0.2) is 4.79 Å². The summed E-state index contributed by atoms with van der Waals surface area (Å²) in [6.45, 7) is 5.79. The molecule has 2 aromatic rings. The summed E-state index contributed by atoms with van der Waals surface area (Å²) in [6.07, 6.45) is 0. The van der Waals surface area contributed by atoms with Gasteiger partial charge in [-0.3, -0.25) is 10.1 Å². The number of ether oxygens (including phenoxy) is 2. The van der Waals surface area contributed by atoms with Crippen LogP contribution in [0.15, 0.2) is 24.3 Å². The number of rotatable bonds is 5. The molecule has 2 rings (SSSR count). The second kappa shape index (κ2) is 8.77. The van der Waals surface area contributed by atoms with Crippen molar-refractivity contribution < 1.29 is 19.1 Å². The smallest absolute Gasteiger partial charge is 0.341 e. The van der Waals surface area contributed by atoms with Crippen LogP contribution < -0.4 is 15.4 Å². The highest BCUT2D eigenvalue weighted by molar-refractivity contribution is 7.80. The molecule has 0 aliphatic carbocycles.